The first-order valence-electron chi connectivity index (χ1n) is 6.78. The van der Waals surface area contributed by atoms with Crippen LogP contribution in [0.15, 0.2) is 30.3 Å². The predicted octanol–water partition coefficient (Wildman–Crippen LogP) is 2.51. The lowest BCUT2D eigenvalue weighted by atomic mass is 10.2. The van der Waals surface area contributed by atoms with E-state index >= 15 is 0 Å². The van der Waals surface area contributed by atoms with Crippen molar-refractivity contribution in [2.24, 2.45) is 5.92 Å². The molecule has 1 saturated carbocycles. The fourth-order valence-corrected chi connectivity index (χ4v) is 2.08. The average molecular weight is 232 g/mol. The zero-order valence-corrected chi connectivity index (χ0v) is 10.9. The summed E-state index contributed by atoms with van der Waals surface area (Å²) in [6.45, 7) is 4.63. The Morgan fingerprint density at radius 2 is 2.00 bits per heavy atom. The van der Waals surface area contributed by atoms with E-state index in [1.165, 1.54) is 37.9 Å². The second kappa shape index (κ2) is 6.77. The Morgan fingerprint density at radius 3 is 2.71 bits per heavy atom. The van der Waals surface area contributed by atoms with Crippen molar-refractivity contribution in [2.45, 2.75) is 25.8 Å². The highest BCUT2D eigenvalue weighted by Gasteiger charge is 2.19. The molecule has 1 fully saturated rings. The van der Waals surface area contributed by atoms with E-state index in [9.17, 15) is 0 Å². The van der Waals surface area contributed by atoms with Crippen LogP contribution in [-0.4, -0.2) is 31.6 Å². The van der Waals surface area contributed by atoms with E-state index in [-0.39, 0.29) is 0 Å². The van der Waals surface area contributed by atoms with Crippen LogP contribution in [0, 0.1) is 5.92 Å². The van der Waals surface area contributed by atoms with Gasteiger partial charge in [0.05, 0.1) is 0 Å². The van der Waals surface area contributed by atoms with E-state index < -0.39 is 0 Å². The van der Waals surface area contributed by atoms with Gasteiger partial charge in [0.1, 0.15) is 0 Å². The Bertz CT molecular complexity index is 306. The maximum atomic E-state index is 3.54. The zero-order chi connectivity index (χ0) is 11.9. The molecule has 17 heavy (non-hydrogen) atoms. The molecule has 2 rings (SSSR count). The Kier molecular flexibility index (Phi) is 5.02. The molecule has 0 saturated heterocycles. The highest BCUT2D eigenvalue weighted by molar-refractivity contribution is 5.14. The van der Waals surface area contributed by atoms with Crippen molar-refractivity contribution < 1.29 is 0 Å². The van der Waals surface area contributed by atoms with Gasteiger partial charge >= 0.3 is 0 Å². The molecule has 0 spiro atoms. The largest absolute Gasteiger partial charge is 0.316 e. The standard InChI is InChI=1S/C15H24N2/c1-17(13-15-6-3-2-4-7-15)11-5-10-16-12-14-8-9-14/h2-4,6-7,14,16H,5,8-13H2,1H3. The molecule has 2 nitrogen and oxygen atoms in total. The van der Waals surface area contributed by atoms with Crippen molar-refractivity contribution in [1.29, 1.82) is 0 Å². The summed E-state index contributed by atoms with van der Waals surface area (Å²) < 4.78 is 0. The minimum atomic E-state index is 0.997. The van der Waals surface area contributed by atoms with E-state index in [2.05, 4.69) is 47.6 Å². The summed E-state index contributed by atoms with van der Waals surface area (Å²) in [5.74, 6) is 0.997. The normalized spacial score (nSPS) is 15.4. The van der Waals surface area contributed by atoms with Crippen LogP contribution in [0.25, 0.3) is 0 Å². The van der Waals surface area contributed by atoms with Crippen LogP contribution in [0.5, 0.6) is 0 Å². The molecular weight excluding hydrogens is 208 g/mol. The molecular formula is C15H24N2. The lowest BCUT2D eigenvalue weighted by molar-refractivity contribution is 0.319. The van der Waals surface area contributed by atoms with Gasteiger partial charge in [0.15, 0.2) is 0 Å². The van der Waals surface area contributed by atoms with Crippen molar-refractivity contribution in [1.82, 2.24) is 10.2 Å². The molecule has 1 N–H and O–H groups in total. The predicted molar refractivity (Wildman–Crippen MR) is 73.0 cm³/mol. The van der Waals surface area contributed by atoms with Crippen LogP contribution in [0.4, 0.5) is 0 Å². The van der Waals surface area contributed by atoms with Crippen molar-refractivity contribution in [2.75, 3.05) is 26.7 Å². The summed E-state index contributed by atoms with van der Waals surface area (Å²) in [6, 6.07) is 10.7. The molecule has 1 aliphatic rings. The van der Waals surface area contributed by atoms with E-state index in [0.717, 1.165) is 19.0 Å². The van der Waals surface area contributed by atoms with Crippen molar-refractivity contribution in [3.05, 3.63) is 35.9 Å². The molecule has 94 valence electrons. The maximum Gasteiger partial charge on any atom is 0.0230 e. The topological polar surface area (TPSA) is 15.3 Å². The van der Waals surface area contributed by atoms with Crippen LogP contribution in [0.1, 0.15) is 24.8 Å². The molecule has 2 heteroatoms. The van der Waals surface area contributed by atoms with E-state index in [1.807, 2.05) is 0 Å². The Balaban J connectivity index is 1.52. The van der Waals surface area contributed by atoms with Crippen LogP contribution in [-0.2, 0) is 6.54 Å². The highest BCUT2D eigenvalue weighted by atomic mass is 15.1. The smallest absolute Gasteiger partial charge is 0.0230 e. The summed E-state index contributed by atoms with van der Waals surface area (Å²) >= 11 is 0. The minimum Gasteiger partial charge on any atom is -0.316 e. The summed E-state index contributed by atoms with van der Waals surface area (Å²) in [5.41, 5.74) is 1.40. The number of nitrogens with one attached hydrogen (secondary N) is 1. The molecule has 0 atom stereocenters. The fourth-order valence-electron chi connectivity index (χ4n) is 2.08. The summed E-state index contributed by atoms with van der Waals surface area (Å²) in [7, 11) is 2.20. The third-order valence-corrected chi connectivity index (χ3v) is 3.32. The third-order valence-electron chi connectivity index (χ3n) is 3.32. The van der Waals surface area contributed by atoms with Gasteiger partial charge in [-0.15, -0.1) is 0 Å². The number of hydrogen-bond donors (Lipinski definition) is 1. The van der Waals surface area contributed by atoms with E-state index in [4.69, 9.17) is 0 Å². The van der Waals surface area contributed by atoms with Gasteiger partial charge in [-0.1, -0.05) is 30.3 Å². The molecule has 0 aliphatic heterocycles. The second-order valence-corrected chi connectivity index (χ2v) is 5.22. The molecule has 0 unspecified atom stereocenters. The van der Waals surface area contributed by atoms with Gasteiger partial charge in [-0.2, -0.15) is 0 Å². The number of rotatable bonds is 8. The van der Waals surface area contributed by atoms with Gasteiger partial charge in [-0.3, -0.25) is 0 Å². The lowest BCUT2D eigenvalue weighted by Gasteiger charge is -2.16. The highest BCUT2D eigenvalue weighted by Crippen LogP contribution is 2.27. The molecule has 0 heterocycles. The van der Waals surface area contributed by atoms with Gasteiger partial charge in [0.2, 0.25) is 0 Å². The SMILES string of the molecule is CN(CCCNCC1CC1)Cc1ccccc1. The van der Waals surface area contributed by atoms with E-state index in [0.29, 0.717) is 0 Å². The Hall–Kier alpha value is -0.860. The second-order valence-electron chi connectivity index (χ2n) is 5.22. The quantitative estimate of drug-likeness (QED) is 0.693. The summed E-state index contributed by atoms with van der Waals surface area (Å²) in [4.78, 5) is 2.40. The third kappa shape index (κ3) is 5.33. The van der Waals surface area contributed by atoms with Crippen molar-refractivity contribution in [3.8, 4) is 0 Å². The zero-order valence-electron chi connectivity index (χ0n) is 10.9. The molecule has 1 aromatic carbocycles. The maximum absolute atomic E-state index is 3.54. The Labute approximate surface area is 105 Å². The monoisotopic (exact) mass is 232 g/mol. The minimum absolute atomic E-state index is 0.997. The van der Waals surface area contributed by atoms with E-state index in [1.54, 1.807) is 0 Å². The summed E-state index contributed by atoms with van der Waals surface area (Å²) in [5, 5.41) is 3.54. The summed E-state index contributed by atoms with van der Waals surface area (Å²) in [6.07, 6.45) is 4.14. The average Bonchev–Trinajstić information content (AvgIpc) is 3.14. The molecule has 0 bridgehead atoms. The van der Waals surface area contributed by atoms with Crippen molar-refractivity contribution >= 4 is 0 Å². The molecule has 0 amide bonds. The number of nitrogens with zero attached hydrogens (tertiary/aromatic N) is 1. The first kappa shape index (κ1) is 12.6. The molecule has 0 radical (unpaired) electrons. The van der Waals surface area contributed by atoms with Crippen LogP contribution in [0.2, 0.25) is 0 Å². The molecule has 1 aliphatic carbocycles. The Morgan fingerprint density at radius 1 is 1.24 bits per heavy atom. The van der Waals surface area contributed by atoms with Gasteiger partial charge in [-0.25, -0.2) is 0 Å². The van der Waals surface area contributed by atoms with Gasteiger partial charge < -0.3 is 10.2 Å². The number of hydrogen-bond acceptors (Lipinski definition) is 2. The van der Waals surface area contributed by atoms with Gasteiger partial charge in [-0.05, 0) is 57.4 Å². The first-order valence-corrected chi connectivity index (χ1v) is 6.78. The van der Waals surface area contributed by atoms with Crippen LogP contribution in [0.3, 0.4) is 0 Å². The van der Waals surface area contributed by atoms with Gasteiger partial charge in [0, 0.05) is 6.54 Å². The van der Waals surface area contributed by atoms with Crippen LogP contribution >= 0.6 is 0 Å². The van der Waals surface area contributed by atoms with Gasteiger partial charge in [0.25, 0.3) is 0 Å². The van der Waals surface area contributed by atoms with Crippen molar-refractivity contribution in [3.63, 3.8) is 0 Å². The lowest BCUT2D eigenvalue weighted by Crippen LogP contribution is -2.24. The molecule has 1 aromatic rings. The molecule has 0 aromatic heterocycles. The fraction of sp³-hybridized carbons (Fsp3) is 0.600. The first-order chi connectivity index (χ1) is 8.34. The number of benzene rings is 1. The van der Waals surface area contributed by atoms with Crippen LogP contribution < -0.4 is 5.32 Å².